The Morgan fingerprint density at radius 3 is 2.73 bits per heavy atom. The maximum atomic E-state index is 9.53. The van der Waals surface area contributed by atoms with Crippen LogP contribution in [0, 0.1) is 0 Å². The van der Waals surface area contributed by atoms with Crippen LogP contribution in [0.15, 0.2) is 0 Å². The Labute approximate surface area is 75.2 Å². The first-order valence-electron chi connectivity index (χ1n) is 3.77. The Morgan fingerprint density at radius 2 is 2.27 bits per heavy atom. The standard InChI is InChI=1S/C7H18AsNO2/c1-7(10,9-2)8-5-4-6-11-3/h8-10H,4-6H2,1-3H3. The van der Waals surface area contributed by atoms with Crippen molar-refractivity contribution in [3.05, 3.63) is 0 Å². The van der Waals surface area contributed by atoms with E-state index in [9.17, 15) is 5.11 Å². The summed E-state index contributed by atoms with van der Waals surface area (Å²) in [6.45, 7) is 2.64. The molecule has 0 rings (SSSR count). The van der Waals surface area contributed by atoms with Gasteiger partial charge in [0.2, 0.25) is 0 Å². The molecule has 2 N–H and O–H groups in total. The number of hydrogen-bond donors (Lipinski definition) is 2. The number of nitrogens with one attached hydrogen (secondary N) is 1. The van der Waals surface area contributed by atoms with Crippen molar-refractivity contribution >= 4 is 15.8 Å². The van der Waals surface area contributed by atoms with Crippen molar-refractivity contribution in [2.75, 3.05) is 20.8 Å². The van der Waals surface area contributed by atoms with E-state index < -0.39 is 4.51 Å². The van der Waals surface area contributed by atoms with Crippen LogP contribution in [0.2, 0.25) is 5.21 Å². The van der Waals surface area contributed by atoms with E-state index in [0.717, 1.165) is 18.2 Å². The summed E-state index contributed by atoms with van der Waals surface area (Å²) < 4.78 is 4.32. The van der Waals surface area contributed by atoms with Crippen molar-refractivity contribution in [3.8, 4) is 0 Å². The first kappa shape index (κ1) is 11.4. The zero-order valence-corrected chi connectivity index (χ0v) is 9.57. The third-order valence-corrected chi connectivity index (χ3v) is 4.72. The van der Waals surface area contributed by atoms with Crippen molar-refractivity contribution in [3.63, 3.8) is 0 Å². The van der Waals surface area contributed by atoms with Crippen LogP contribution in [0.1, 0.15) is 13.3 Å². The fourth-order valence-electron chi connectivity index (χ4n) is 0.637. The van der Waals surface area contributed by atoms with Gasteiger partial charge < -0.3 is 0 Å². The van der Waals surface area contributed by atoms with Crippen molar-refractivity contribution in [2.24, 2.45) is 0 Å². The van der Waals surface area contributed by atoms with E-state index in [-0.39, 0.29) is 15.8 Å². The van der Waals surface area contributed by atoms with Gasteiger partial charge in [-0.3, -0.25) is 0 Å². The zero-order valence-electron chi connectivity index (χ0n) is 7.48. The Bertz CT molecular complexity index is 98.4. The van der Waals surface area contributed by atoms with Crippen LogP contribution in [-0.2, 0) is 4.74 Å². The molecule has 0 aliphatic heterocycles. The third kappa shape index (κ3) is 6.82. The molecule has 3 nitrogen and oxygen atoms in total. The summed E-state index contributed by atoms with van der Waals surface area (Å²) in [6.07, 6.45) is 1.06. The van der Waals surface area contributed by atoms with E-state index in [1.165, 1.54) is 0 Å². The monoisotopic (exact) mass is 223 g/mol. The molecule has 0 aromatic rings. The fraction of sp³-hybridized carbons (Fsp3) is 1.00. The quantitative estimate of drug-likeness (QED) is 0.371. The van der Waals surface area contributed by atoms with Crippen LogP contribution < -0.4 is 5.32 Å². The van der Waals surface area contributed by atoms with E-state index in [2.05, 4.69) is 5.32 Å². The van der Waals surface area contributed by atoms with E-state index in [1.807, 2.05) is 6.92 Å². The molecule has 0 aromatic carbocycles. The first-order valence-corrected chi connectivity index (χ1v) is 6.31. The van der Waals surface area contributed by atoms with Gasteiger partial charge in [0.05, 0.1) is 0 Å². The number of hydrogen-bond acceptors (Lipinski definition) is 3. The molecule has 0 fully saturated rings. The van der Waals surface area contributed by atoms with Crippen LogP contribution in [0.25, 0.3) is 0 Å². The molecule has 68 valence electrons. The van der Waals surface area contributed by atoms with Gasteiger partial charge in [-0.2, -0.15) is 0 Å². The molecule has 0 heterocycles. The summed E-state index contributed by atoms with van der Waals surface area (Å²) in [7, 11) is 3.50. The summed E-state index contributed by atoms with van der Waals surface area (Å²) in [5, 5.41) is 13.5. The number of aliphatic hydroxyl groups is 1. The number of rotatable bonds is 6. The molecule has 0 aromatic heterocycles. The van der Waals surface area contributed by atoms with Crippen molar-refractivity contribution in [1.29, 1.82) is 0 Å². The van der Waals surface area contributed by atoms with Crippen molar-refractivity contribution in [1.82, 2.24) is 5.32 Å². The van der Waals surface area contributed by atoms with Crippen LogP contribution in [0.4, 0.5) is 0 Å². The summed E-state index contributed by atoms with van der Waals surface area (Å²) in [4.78, 5) is 0. The van der Waals surface area contributed by atoms with E-state index >= 15 is 0 Å². The summed E-state index contributed by atoms with van der Waals surface area (Å²) in [5.41, 5.74) is 0. The van der Waals surface area contributed by atoms with Gasteiger partial charge in [0, 0.05) is 0 Å². The van der Waals surface area contributed by atoms with Crippen LogP contribution in [-0.4, -0.2) is 46.1 Å². The summed E-state index contributed by atoms with van der Waals surface area (Å²) >= 11 is -0.298. The summed E-state index contributed by atoms with van der Waals surface area (Å²) in [5.74, 6) is 0. The van der Waals surface area contributed by atoms with Crippen LogP contribution in [0.5, 0.6) is 0 Å². The molecule has 4 heteroatoms. The van der Waals surface area contributed by atoms with Gasteiger partial charge >= 0.3 is 74.7 Å². The Hall–Kier alpha value is 0.438. The molecular formula is C7H18AsNO2. The molecule has 0 spiro atoms. The van der Waals surface area contributed by atoms with Gasteiger partial charge in [-0.05, 0) is 0 Å². The second-order valence-electron chi connectivity index (χ2n) is 2.60. The molecular weight excluding hydrogens is 205 g/mol. The predicted molar refractivity (Wildman–Crippen MR) is 48.1 cm³/mol. The minimum atomic E-state index is -0.590. The fourth-order valence-corrected chi connectivity index (χ4v) is 2.70. The maximum absolute atomic E-state index is 9.53. The molecule has 0 radical (unpaired) electrons. The number of ether oxygens (including phenoxy) is 1. The Morgan fingerprint density at radius 1 is 1.64 bits per heavy atom. The van der Waals surface area contributed by atoms with E-state index in [1.54, 1.807) is 14.2 Å². The van der Waals surface area contributed by atoms with Gasteiger partial charge in [0.1, 0.15) is 0 Å². The van der Waals surface area contributed by atoms with Crippen molar-refractivity contribution < 1.29 is 9.84 Å². The molecule has 0 amide bonds. The molecule has 0 saturated heterocycles. The van der Waals surface area contributed by atoms with Crippen molar-refractivity contribution in [2.45, 2.75) is 23.1 Å². The Balaban J connectivity index is 3.23. The molecule has 2 unspecified atom stereocenters. The van der Waals surface area contributed by atoms with Crippen LogP contribution >= 0.6 is 0 Å². The minimum absolute atomic E-state index is 0.298. The Kier molecular flexibility index (Phi) is 6.25. The second-order valence-corrected chi connectivity index (χ2v) is 6.43. The molecule has 0 aliphatic carbocycles. The van der Waals surface area contributed by atoms with Crippen LogP contribution in [0.3, 0.4) is 0 Å². The van der Waals surface area contributed by atoms with Gasteiger partial charge in [-0.15, -0.1) is 0 Å². The topological polar surface area (TPSA) is 41.5 Å². The number of methoxy groups -OCH3 is 1. The van der Waals surface area contributed by atoms with Gasteiger partial charge in [-0.1, -0.05) is 0 Å². The molecule has 0 aliphatic rings. The second kappa shape index (κ2) is 6.01. The zero-order chi connectivity index (χ0) is 8.74. The first-order chi connectivity index (χ1) is 5.12. The van der Waals surface area contributed by atoms with E-state index in [4.69, 9.17) is 4.74 Å². The molecule has 2 atom stereocenters. The average molecular weight is 223 g/mol. The molecule has 0 bridgehead atoms. The van der Waals surface area contributed by atoms with Gasteiger partial charge in [-0.25, -0.2) is 0 Å². The van der Waals surface area contributed by atoms with Gasteiger partial charge in [0.25, 0.3) is 0 Å². The average Bonchev–Trinajstić information content (AvgIpc) is 1.99. The predicted octanol–water partition coefficient (Wildman–Crippen LogP) is -0.237. The van der Waals surface area contributed by atoms with E-state index in [0.29, 0.717) is 0 Å². The molecule has 0 saturated carbocycles. The van der Waals surface area contributed by atoms with Gasteiger partial charge in [0.15, 0.2) is 0 Å². The molecule has 11 heavy (non-hydrogen) atoms. The SMILES string of the molecule is CNC(C)(O)[AsH]CCCOC. The normalized spacial score (nSPS) is 17.5. The third-order valence-electron chi connectivity index (χ3n) is 1.48. The summed E-state index contributed by atoms with van der Waals surface area (Å²) in [6, 6.07) is 0.